The van der Waals surface area contributed by atoms with Gasteiger partial charge in [-0.25, -0.2) is 9.97 Å². The van der Waals surface area contributed by atoms with Crippen molar-refractivity contribution in [1.82, 2.24) is 9.97 Å². The summed E-state index contributed by atoms with van der Waals surface area (Å²) in [7, 11) is 0. The SMILES string of the molecule is CC(N=[N+]=[N-])(c1cnc(OC2CC(OCc3ccccc3)C2)c2cnc(Cl)cc12)C1CC1. The fourth-order valence-electron chi connectivity index (χ4n) is 4.37. The van der Waals surface area contributed by atoms with Crippen LogP contribution in [-0.4, -0.2) is 22.2 Å². The number of pyridine rings is 2. The Balaban J connectivity index is 1.33. The fourth-order valence-corrected chi connectivity index (χ4v) is 4.53. The molecule has 2 aromatic heterocycles. The second kappa shape index (κ2) is 8.58. The molecule has 1 atom stereocenters. The van der Waals surface area contributed by atoms with Gasteiger partial charge < -0.3 is 9.47 Å². The minimum Gasteiger partial charge on any atom is -0.474 e. The van der Waals surface area contributed by atoms with Gasteiger partial charge in [-0.2, -0.15) is 0 Å². The average Bonchev–Trinajstić information content (AvgIpc) is 3.62. The Kier molecular flexibility index (Phi) is 5.64. The van der Waals surface area contributed by atoms with E-state index in [2.05, 4.69) is 32.1 Å². The standard InChI is InChI=1S/C24H24ClN5O2/c1-24(29-30-26,16-7-8-16)21-13-28-23(20-12-27-22(25)11-19(20)21)32-18-9-17(10-18)31-14-15-5-3-2-4-6-15/h2-6,11-13,16-18H,7-10,14H2,1H3. The first-order valence-electron chi connectivity index (χ1n) is 10.9. The molecule has 1 aromatic carbocycles. The minimum absolute atomic E-state index is 0.0416. The number of ether oxygens (including phenoxy) is 2. The molecule has 0 radical (unpaired) electrons. The molecule has 32 heavy (non-hydrogen) atoms. The van der Waals surface area contributed by atoms with Gasteiger partial charge in [-0.1, -0.05) is 47.0 Å². The van der Waals surface area contributed by atoms with Crippen molar-refractivity contribution in [2.75, 3.05) is 0 Å². The number of fused-ring (bicyclic) bond motifs is 1. The van der Waals surface area contributed by atoms with Crippen molar-refractivity contribution in [3.8, 4) is 5.88 Å². The first kappa shape index (κ1) is 21.0. The first-order chi connectivity index (χ1) is 15.6. The van der Waals surface area contributed by atoms with Crippen molar-refractivity contribution in [1.29, 1.82) is 0 Å². The molecule has 7 nitrogen and oxygen atoms in total. The number of aromatic nitrogens is 2. The van der Waals surface area contributed by atoms with Gasteiger partial charge in [0.05, 0.1) is 23.6 Å². The van der Waals surface area contributed by atoms with E-state index in [0.29, 0.717) is 23.6 Å². The number of halogens is 1. The normalized spacial score (nSPS) is 21.9. The number of rotatable bonds is 8. The van der Waals surface area contributed by atoms with Crippen molar-refractivity contribution in [3.05, 3.63) is 75.5 Å². The molecule has 0 bridgehead atoms. The van der Waals surface area contributed by atoms with Crippen LogP contribution >= 0.6 is 11.6 Å². The van der Waals surface area contributed by atoms with Gasteiger partial charge in [-0.3, -0.25) is 0 Å². The van der Waals surface area contributed by atoms with E-state index in [0.717, 1.165) is 42.0 Å². The summed E-state index contributed by atoms with van der Waals surface area (Å²) in [5, 5.41) is 6.19. The predicted molar refractivity (Wildman–Crippen MR) is 122 cm³/mol. The van der Waals surface area contributed by atoms with Crippen molar-refractivity contribution in [2.24, 2.45) is 11.0 Å². The topological polar surface area (TPSA) is 93.0 Å². The Morgan fingerprint density at radius 2 is 1.91 bits per heavy atom. The molecule has 8 heteroatoms. The number of hydrogen-bond acceptors (Lipinski definition) is 5. The lowest BCUT2D eigenvalue weighted by atomic mass is 9.86. The third-order valence-corrected chi connectivity index (χ3v) is 6.74. The van der Waals surface area contributed by atoms with Crippen LogP contribution in [0.15, 0.2) is 53.9 Å². The Morgan fingerprint density at radius 1 is 1.12 bits per heavy atom. The van der Waals surface area contributed by atoms with E-state index in [-0.39, 0.29) is 12.2 Å². The summed E-state index contributed by atoms with van der Waals surface area (Å²) in [6.07, 6.45) is 7.37. The largest absolute Gasteiger partial charge is 0.474 e. The van der Waals surface area contributed by atoms with Gasteiger partial charge in [0.25, 0.3) is 0 Å². The van der Waals surface area contributed by atoms with E-state index in [4.69, 9.17) is 21.1 Å². The summed E-state index contributed by atoms with van der Waals surface area (Å²) in [6, 6.07) is 12.0. The number of azide groups is 1. The monoisotopic (exact) mass is 449 g/mol. The van der Waals surface area contributed by atoms with Crippen molar-refractivity contribution in [2.45, 2.75) is 57.0 Å². The van der Waals surface area contributed by atoms with Gasteiger partial charge in [-0.15, -0.1) is 0 Å². The molecule has 2 aliphatic rings. The zero-order valence-electron chi connectivity index (χ0n) is 17.8. The quantitative estimate of drug-likeness (QED) is 0.173. The summed E-state index contributed by atoms with van der Waals surface area (Å²) < 4.78 is 12.2. The summed E-state index contributed by atoms with van der Waals surface area (Å²) in [5.41, 5.74) is 10.5. The highest BCUT2D eigenvalue weighted by atomic mass is 35.5. The summed E-state index contributed by atoms with van der Waals surface area (Å²) in [6.45, 7) is 2.58. The van der Waals surface area contributed by atoms with Crippen LogP contribution in [0.3, 0.4) is 0 Å². The van der Waals surface area contributed by atoms with Crippen LogP contribution in [0.2, 0.25) is 5.15 Å². The molecule has 2 saturated carbocycles. The molecule has 0 spiro atoms. The molecule has 0 amide bonds. The zero-order valence-corrected chi connectivity index (χ0v) is 18.6. The van der Waals surface area contributed by atoms with Gasteiger partial charge in [0.1, 0.15) is 11.3 Å². The molecule has 0 saturated heterocycles. The van der Waals surface area contributed by atoms with E-state index < -0.39 is 5.54 Å². The van der Waals surface area contributed by atoms with Gasteiger partial charge in [0.15, 0.2) is 0 Å². The third kappa shape index (κ3) is 4.11. The maximum Gasteiger partial charge on any atom is 0.223 e. The minimum atomic E-state index is -0.671. The predicted octanol–water partition coefficient (Wildman–Crippen LogP) is 6.35. The van der Waals surface area contributed by atoms with Crippen LogP contribution in [0, 0.1) is 5.92 Å². The van der Waals surface area contributed by atoms with Crippen LogP contribution in [0.5, 0.6) is 5.88 Å². The third-order valence-electron chi connectivity index (χ3n) is 6.53. The first-order valence-corrected chi connectivity index (χ1v) is 11.3. The van der Waals surface area contributed by atoms with Crippen molar-refractivity contribution < 1.29 is 9.47 Å². The highest BCUT2D eigenvalue weighted by Crippen LogP contribution is 2.50. The lowest BCUT2D eigenvalue weighted by Gasteiger charge is -2.35. The Morgan fingerprint density at radius 3 is 2.62 bits per heavy atom. The second-order valence-electron chi connectivity index (χ2n) is 8.77. The maximum atomic E-state index is 9.18. The van der Waals surface area contributed by atoms with Crippen molar-refractivity contribution >= 4 is 22.4 Å². The van der Waals surface area contributed by atoms with E-state index >= 15 is 0 Å². The molecule has 0 aliphatic heterocycles. The highest BCUT2D eigenvalue weighted by Gasteiger charge is 2.44. The lowest BCUT2D eigenvalue weighted by molar-refractivity contribution is -0.0690. The molecular weight excluding hydrogens is 426 g/mol. The molecule has 5 rings (SSSR count). The molecule has 2 fully saturated rings. The number of hydrogen-bond donors (Lipinski definition) is 0. The van der Waals surface area contributed by atoms with Crippen LogP contribution in [0.25, 0.3) is 21.2 Å². The lowest BCUT2D eigenvalue weighted by Crippen LogP contribution is -2.39. The van der Waals surface area contributed by atoms with Crippen molar-refractivity contribution in [3.63, 3.8) is 0 Å². The van der Waals surface area contributed by atoms with Crippen LogP contribution in [-0.2, 0) is 16.9 Å². The second-order valence-corrected chi connectivity index (χ2v) is 9.16. The summed E-state index contributed by atoms with van der Waals surface area (Å²) in [5.74, 6) is 0.828. The smallest absolute Gasteiger partial charge is 0.223 e. The molecule has 164 valence electrons. The molecular formula is C24H24ClN5O2. The van der Waals surface area contributed by atoms with Crippen LogP contribution in [0.1, 0.15) is 43.7 Å². The van der Waals surface area contributed by atoms with Gasteiger partial charge >= 0.3 is 0 Å². The maximum absolute atomic E-state index is 9.18. The number of benzene rings is 1. The summed E-state index contributed by atoms with van der Waals surface area (Å²) >= 11 is 6.22. The van der Waals surface area contributed by atoms with Gasteiger partial charge in [0, 0.05) is 30.1 Å². The Labute approximate surface area is 191 Å². The van der Waals surface area contributed by atoms with E-state index in [1.807, 2.05) is 25.1 Å². The average molecular weight is 450 g/mol. The molecule has 2 heterocycles. The zero-order chi connectivity index (χ0) is 22.1. The van der Waals surface area contributed by atoms with E-state index in [9.17, 15) is 5.53 Å². The summed E-state index contributed by atoms with van der Waals surface area (Å²) in [4.78, 5) is 12.0. The number of nitrogens with zero attached hydrogens (tertiary/aromatic N) is 5. The van der Waals surface area contributed by atoms with E-state index in [1.165, 1.54) is 5.56 Å². The van der Waals surface area contributed by atoms with Gasteiger partial charge in [0.2, 0.25) is 5.88 Å². The molecule has 2 aliphatic carbocycles. The Bertz CT molecular complexity index is 1170. The highest BCUT2D eigenvalue weighted by molar-refractivity contribution is 6.30. The van der Waals surface area contributed by atoms with Crippen LogP contribution < -0.4 is 4.74 Å². The van der Waals surface area contributed by atoms with Gasteiger partial charge in [-0.05, 0) is 53.8 Å². The molecule has 0 N–H and O–H groups in total. The molecule has 3 aromatic rings. The fraction of sp³-hybridized carbons (Fsp3) is 0.417. The Hall–Kier alpha value is -2.86. The van der Waals surface area contributed by atoms with Crippen LogP contribution in [0.4, 0.5) is 0 Å². The molecule has 1 unspecified atom stereocenters. The van der Waals surface area contributed by atoms with E-state index in [1.54, 1.807) is 18.5 Å².